The highest BCUT2D eigenvalue weighted by Gasteiger charge is 2.12. The first-order chi connectivity index (χ1) is 7.24. The topological polar surface area (TPSA) is 91.2 Å². The lowest BCUT2D eigenvalue weighted by Gasteiger charge is -2.07. The van der Waals surface area contributed by atoms with Gasteiger partial charge in [0.05, 0.1) is 12.9 Å². The summed E-state index contributed by atoms with van der Waals surface area (Å²) in [6.45, 7) is 0. The van der Waals surface area contributed by atoms with Crippen LogP contribution in [0.4, 0.5) is 0 Å². The minimum absolute atomic E-state index is 0.379. The molecule has 84 valence electrons. The Morgan fingerprint density at radius 2 is 2.60 bits per heavy atom. The van der Waals surface area contributed by atoms with Crippen LogP contribution in [0.15, 0.2) is 10.9 Å². The number of hydrogen-bond acceptors (Lipinski definition) is 7. The highest BCUT2D eigenvalue weighted by Crippen LogP contribution is 2.10. The van der Waals surface area contributed by atoms with Crippen molar-refractivity contribution in [3.05, 3.63) is 12.2 Å². The third kappa shape index (κ3) is 4.30. The number of methoxy groups -OCH3 is 1. The molecule has 1 unspecified atom stereocenters. The number of ether oxygens (including phenoxy) is 1. The fraction of sp³-hybridized carbons (Fsp3) is 0.625. The molecule has 1 atom stereocenters. The molecule has 6 nitrogen and oxygen atoms in total. The first kappa shape index (κ1) is 12.0. The number of carbonyl (C=O) groups excluding carboxylic acids is 1. The third-order valence-electron chi connectivity index (χ3n) is 1.72. The maximum absolute atomic E-state index is 10.9. The van der Waals surface area contributed by atoms with E-state index in [2.05, 4.69) is 19.4 Å². The predicted molar refractivity (Wildman–Crippen MR) is 55.1 cm³/mol. The zero-order valence-corrected chi connectivity index (χ0v) is 9.20. The summed E-state index contributed by atoms with van der Waals surface area (Å²) in [6, 6.07) is -0.548. The number of nitrogens with zero attached hydrogens (tertiary/aromatic N) is 2. The first-order valence-corrected chi connectivity index (χ1v) is 5.56. The summed E-state index contributed by atoms with van der Waals surface area (Å²) in [7, 11) is 1.33. The molecule has 0 amide bonds. The van der Waals surface area contributed by atoms with Gasteiger partial charge >= 0.3 is 5.97 Å². The normalized spacial score (nSPS) is 12.4. The molecular weight excluding hydrogens is 218 g/mol. The zero-order chi connectivity index (χ0) is 11.1. The standard InChI is InChI=1S/C8H13N3O3S/c1-13-8(12)6(9)2-3-15-4-7-10-5-14-11-7/h5-6H,2-4,9H2,1H3. The van der Waals surface area contributed by atoms with Crippen molar-refractivity contribution in [3.63, 3.8) is 0 Å². The average molecular weight is 231 g/mol. The van der Waals surface area contributed by atoms with Gasteiger partial charge in [-0.05, 0) is 12.2 Å². The van der Waals surface area contributed by atoms with Gasteiger partial charge in [0.2, 0.25) is 6.39 Å². The Labute approximate surface area is 91.5 Å². The number of aromatic nitrogens is 2. The van der Waals surface area contributed by atoms with Gasteiger partial charge in [-0.25, -0.2) is 0 Å². The molecule has 0 aliphatic carbocycles. The summed E-state index contributed by atoms with van der Waals surface area (Å²) in [6.07, 6.45) is 1.87. The number of carbonyl (C=O) groups is 1. The van der Waals surface area contributed by atoms with Crippen LogP contribution in [0.2, 0.25) is 0 Å². The van der Waals surface area contributed by atoms with E-state index in [0.717, 1.165) is 5.75 Å². The Kier molecular flexibility index (Phi) is 5.13. The fourth-order valence-electron chi connectivity index (χ4n) is 0.899. The van der Waals surface area contributed by atoms with E-state index in [-0.39, 0.29) is 5.97 Å². The van der Waals surface area contributed by atoms with E-state index in [1.54, 1.807) is 11.8 Å². The zero-order valence-electron chi connectivity index (χ0n) is 8.38. The quantitative estimate of drug-likeness (QED) is 0.552. The Morgan fingerprint density at radius 3 is 3.20 bits per heavy atom. The van der Waals surface area contributed by atoms with Crippen molar-refractivity contribution in [3.8, 4) is 0 Å². The number of thioether (sulfide) groups is 1. The minimum Gasteiger partial charge on any atom is -0.468 e. The highest BCUT2D eigenvalue weighted by atomic mass is 32.2. The lowest BCUT2D eigenvalue weighted by molar-refractivity contribution is -0.142. The van der Waals surface area contributed by atoms with Crippen molar-refractivity contribution in [1.29, 1.82) is 0 Å². The van der Waals surface area contributed by atoms with Gasteiger partial charge in [-0.15, -0.1) is 0 Å². The summed E-state index contributed by atoms with van der Waals surface area (Å²) < 4.78 is 9.08. The van der Waals surface area contributed by atoms with Crippen LogP contribution < -0.4 is 5.73 Å². The summed E-state index contributed by atoms with van der Waals surface area (Å²) in [5.74, 6) is 1.68. The Morgan fingerprint density at radius 1 is 1.80 bits per heavy atom. The molecule has 0 spiro atoms. The molecule has 0 aliphatic rings. The second kappa shape index (κ2) is 6.41. The molecule has 1 aromatic rings. The van der Waals surface area contributed by atoms with Gasteiger partial charge in [0, 0.05) is 0 Å². The molecule has 2 N–H and O–H groups in total. The fourth-order valence-corrected chi connectivity index (χ4v) is 1.77. The van der Waals surface area contributed by atoms with Gasteiger partial charge in [-0.2, -0.15) is 16.7 Å². The summed E-state index contributed by atoms with van der Waals surface area (Å²) in [5.41, 5.74) is 5.55. The highest BCUT2D eigenvalue weighted by molar-refractivity contribution is 7.98. The van der Waals surface area contributed by atoms with Gasteiger partial charge in [0.1, 0.15) is 6.04 Å². The van der Waals surface area contributed by atoms with Crippen molar-refractivity contribution in [2.75, 3.05) is 12.9 Å². The molecule has 15 heavy (non-hydrogen) atoms. The molecule has 1 heterocycles. The molecule has 0 fully saturated rings. The molecule has 0 radical (unpaired) electrons. The smallest absolute Gasteiger partial charge is 0.322 e. The number of hydrogen-bond donors (Lipinski definition) is 1. The molecule has 7 heteroatoms. The molecule has 0 aromatic carbocycles. The second-order valence-electron chi connectivity index (χ2n) is 2.82. The van der Waals surface area contributed by atoms with Gasteiger partial charge < -0.3 is 15.0 Å². The molecule has 0 bridgehead atoms. The summed E-state index contributed by atoms with van der Waals surface area (Å²) >= 11 is 1.59. The Bertz CT molecular complexity index is 291. The van der Waals surface area contributed by atoms with E-state index in [1.807, 2.05) is 0 Å². The molecule has 0 saturated heterocycles. The first-order valence-electron chi connectivity index (χ1n) is 4.40. The van der Waals surface area contributed by atoms with Crippen molar-refractivity contribution in [1.82, 2.24) is 10.1 Å². The lowest BCUT2D eigenvalue weighted by Crippen LogP contribution is -2.31. The summed E-state index contributed by atoms with van der Waals surface area (Å²) in [5, 5.41) is 3.65. The van der Waals surface area contributed by atoms with Gasteiger partial charge in [0.25, 0.3) is 0 Å². The molecule has 1 aromatic heterocycles. The van der Waals surface area contributed by atoms with E-state index in [9.17, 15) is 4.79 Å². The van der Waals surface area contributed by atoms with Crippen molar-refractivity contribution in [2.45, 2.75) is 18.2 Å². The number of nitrogens with two attached hydrogens (primary N) is 1. The van der Waals surface area contributed by atoms with Gasteiger partial charge in [-0.1, -0.05) is 5.16 Å². The molecule has 0 saturated carbocycles. The second-order valence-corrected chi connectivity index (χ2v) is 3.92. The van der Waals surface area contributed by atoms with Crippen molar-refractivity contribution < 1.29 is 14.1 Å². The van der Waals surface area contributed by atoms with Crippen LogP contribution >= 0.6 is 11.8 Å². The monoisotopic (exact) mass is 231 g/mol. The van der Waals surface area contributed by atoms with Crippen molar-refractivity contribution >= 4 is 17.7 Å². The van der Waals surface area contributed by atoms with Crippen LogP contribution in [0, 0.1) is 0 Å². The van der Waals surface area contributed by atoms with E-state index in [4.69, 9.17) is 5.73 Å². The van der Waals surface area contributed by atoms with Crippen LogP contribution in [0.1, 0.15) is 12.2 Å². The van der Waals surface area contributed by atoms with Crippen LogP contribution in [0.5, 0.6) is 0 Å². The summed E-state index contributed by atoms with van der Waals surface area (Å²) in [4.78, 5) is 14.8. The average Bonchev–Trinajstić information content (AvgIpc) is 2.75. The van der Waals surface area contributed by atoms with Crippen LogP contribution in [0.25, 0.3) is 0 Å². The van der Waals surface area contributed by atoms with Crippen LogP contribution in [0.3, 0.4) is 0 Å². The van der Waals surface area contributed by atoms with Gasteiger partial charge in [0.15, 0.2) is 5.82 Å². The Hall–Kier alpha value is -1.08. The minimum atomic E-state index is -0.548. The molecular formula is C8H13N3O3S. The number of rotatable bonds is 6. The van der Waals surface area contributed by atoms with Crippen LogP contribution in [-0.2, 0) is 15.3 Å². The maximum Gasteiger partial charge on any atom is 0.322 e. The van der Waals surface area contributed by atoms with E-state index >= 15 is 0 Å². The van der Waals surface area contributed by atoms with E-state index < -0.39 is 6.04 Å². The molecule has 1 rings (SSSR count). The van der Waals surface area contributed by atoms with Crippen molar-refractivity contribution in [2.24, 2.45) is 5.73 Å². The van der Waals surface area contributed by atoms with Crippen LogP contribution in [-0.4, -0.2) is 35.0 Å². The molecule has 0 aliphatic heterocycles. The lowest BCUT2D eigenvalue weighted by atomic mass is 10.2. The SMILES string of the molecule is COC(=O)C(N)CCSCc1ncon1. The van der Waals surface area contributed by atoms with Gasteiger partial charge in [-0.3, -0.25) is 4.79 Å². The maximum atomic E-state index is 10.9. The van der Waals surface area contributed by atoms with E-state index in [1.165, 1.54) is 13.5 Å². The third-order valence-corrected chi connectivity index (χ3v) is 2.70. The Balaban J connectivity index is 2.09. The largest absolute Gasteiger partial charge is 0.468 e. The predicted octanol–water partition coefficient (Wildman–Crippen LogP) is 0.193. The van der Waals surface area contributed by atoms with E-state index in [0.29, 0.717) is 18.0 Å². The number of esters is 1.